The van der Waals surface area contributed by atoms with Crippen LogP contribution in [0.25, 0.3) is 0 Å². The molecule has 0 saturated carbocycles. The maximum absolute atomic E-state index is 12.1. The molecule has 1 unspecified atom stereocenters. The third kappa shape index (κ3) is 4.03. The van der Waals surface area contributed by atoms with Crippen LogP contribution in [0, 0.1) is 0 Å². The first-order valence-electron chi connectivity index (χ1n) is 6.24. The van der Waals surface area contributed by atoms with Crippen molar-refractivity contribution in [2.75, 3.05) is 19.3 Å². The maximum atomic E-state index is 12.1. The van der Waals surface area contributed by atoms with E-state index in [9.17, 15) is 4.79 Å². The lowest BCUT2D eigenvalue weighted by molar-refractivity contribution is 0.0748. The first-order valence-corrected chi connectivity index (χ1v) is 7.39. The van der Waals surface area contributed by atoms with Crippen LogP contribution in [0.15, 0.2) is 24.3 Å². The summed E-state index contributed by atoms with van der Waals surface area (Å²) in [5, 5.41) is 0. The van der Waals surface area contributed by atoms with E-state index in [0.717, 1.165) is 17.1 Å². The van der Waals surface area contributed by atoms with Gasteiger partial charge < -0.3 is 10.6 Å². The molecule has 0 heterocycles. The van der Waals surface area contributed by atoms with Gasteiger partial charge in [0.05, 0.1) is 0 Å². The number of likely N-dealkylation sites (N-methyl/N-ethyl adjacent to an activating group) is 1. The number of carbonyl (C=O) groups excluding carboxylic acids is 1. The van der Waals surface area contributed by atoms with Crippen molar-refractivity contribution in [2.24, 2.45) is 5.73 Å². The molecular formula is C14H22N2OS. The molecule has 4 heteroatoms. The molecule has 1 aromatic rings. The van der Waals surface area contributed by atoms with Crippen LogP contribution in [0.1, 0.15) is 29.8 Å². The van der Waals surface area contributed by atoms with Crippen molar-refractivity contribution in [3.63, 3.8) is 0 Å². The van der Waals surface area contributed by atoms with Crippen LogP contribution >= 0.6 is 11.8 Å². The highest BCUT2D eigenvalue weighted by atomic mass is 32.2. The number of rotatable bonds is 6. The van der Waals surface area contributed by atoms with Crippen LogP contribution in [-0.4, -0.2) is 36.2 Å². The molecule has 100 valence electrons. The van der Waals surface area contributed by atoms with E-state index in [4.69, 9.17) is 5.73 Å². The Morgan fingerprint density at radius 3 is 2.50 bits per heavy atom. The molecule has 0 fully saturated rings. The van der Waals surface area contributed by atoms with Crippen molar-refractivity contribution in [1.82, 2.24) is 4.90 Å². The number of thioether (sulfide) groups is 1. The van der Waals surface area contributed by atoms with Crippen molar-refractivity contribution in [3.05, 3.63) is 35.4 Å². The molecule has 0 bridgehead atoms. The highest BCUT2D eigenvalue weighted by Crippen LogP contribution is 2.14. The van der Waals surface area contributed by atoms with E-state index < -0.39 is 0 Å². The number of carbonyl (C=O) groups is 1. The average molecular weight is 266 g/mol. The van der Waals surface area contributed by atoms with E-state index in [0.29, 0.717) is 6.54 Å². The molecule has 3 nitrogen and oxygen atoms in total. The molecule has 0 radical (unpaired) electrons. The molecule has 0 aliphatic carbocycles. The number of nitrogens with zero attached hydrogens (tertiary/aromatic N) is 1. The molecule has 0 aromatic heterocycles. The number of hydrogen-bond acceptors (Lipinski definition) is 3. The summed E-state index contributed by atoms with van der Waals surface area (Å²) in [6.45, 7) is 4.57. The summed E-state index contributed by atoms with van der Waals surface area (Å²) in [7, 11) is 1.79. The predicted molar refractivity (Wildman–Crippen MR) is 78.9 cm³/mol. The molecule has 0 aliphatic rings. The summed E-state index contributed by atoms with van der Waals surface area (Å²) >= 11 is 1.88. The van der Waals surface area contributed by atoms with Gasteiger partial charge in [0.2, 0.25) is 0 Å². The maximum Gasteiger partial charge on any atom is 0.253 e. The highest BCUT2D eigenvalue weighted by molar-refractivity contribution is 7.98. The lowest BCUT2D eigenvalue weighted by Crippen LogP contribution is -2.39. The van der Waals surface area contributed by atoms with E-state index in [1.54, 1.807) is 11.9 Å². The molecule has 2 N–H and O–H groups in total. The summed E-state index contributed by atoms with van der Waals surface area (Å²) in [6, 6.07) is 7.91. The summed E-state index contributed by atoms with van der Waals surface area (Å²) in [4.78, 5) is 13.8. The van der Waals surface area contributed by atoms with Crippen LogP contribution in [-0.2, 0) is 5.75 Å². The lowest BCUT2D eigenvalue weighted by Gasteiger charge is -2.23. The second kappa shape index (κ2) is 7.44. The van der Waals surface area contributed by atoms with Gasteiger partial charge in [0.1, 0.15) is 0 Å². The van der Waals surface area contributed by atoms with E-state index in [1.165, 1.54) is 5.56 Å². The monoisotopic (exact) mass is 266 g/mol. The van der Waals surface area contributed by atoms with Crippen molar-refractivity contribution >= 4 is 17.7 Å². The molecular weight excluding hydrogens is 244 g/mol. The Bertz CT molecular complexity index is 378. The summed E-state index contributed by atoms with van der Waals surface area (Å²) in [5.74, 6) is 2.14. The van der Waals surface area contributed by atoms with Crippen LogP contribution in [0.3, 0.4) is 0 Å². The van der Waals surface area contributed by atoms with Gasteiger partial charge in [0, 0.05) is 31.0 Å². The highest BCUT2D eigenvalue weighted by Gasteiger charge is 2.15. The smallest absolute Gasteiger partial charge is 0.253 e. The molecule has 0 aliphatic heterocycles. The topological polar surface area (TPSA) is 46.3 Å². The third-order valence-corrected chi connectivity index (χ3v) is 3.94. The first-order chi connectivity index (χ1) is 8.60. The quantitative estimate of drug-likeness (QED) is 0.860. The average Bonchev–Trinajstić information content (AvgIpc) is 2.43. The molecule has 0 spiro atoms. The SMILES string of the molecule is CCSCc1ccc(C(=O)N(C)C(C)CN)cc1. The third-order valence-electron chi connectivity index (χ3n) is 3.00. The largest absolute Gasteiger partial charge is 0.338 e. The lowest BCUT2D eigenvalue weighted by atomic mass is 10.1. The van der Waals surface area contributed by atoms with Gasteiger partial charge in [-0.25, -0.2) is 0 Å². The second-order valence-corrected chi connectivity index (χ2v) is 5.61. The Labute approximate surface area is 114 Å². The summed E-state index contributed by atoms with van der Waals surface area (Å²) < 4.78 is 0. The van der Waals surface area contributed by atoms with Gasteiger partial charge in [-0.1, -0.05) is 19.1 Å². The van der Waals surface area contributed by atoms with Crippen LogP contribution < -0.4 is 5.73 Å². The molecule has 1 rings (SSSR count). The zero-order valence-corrected chi connectivity index (χ0v) is 12.2. The van der Waals surface area contributed by atoms with Gasteiger partial charge in [-0.15, -0.1) is 0 Å². The van der Waals surface area contributed by atoms with Gasteiger partial charge in [0.25, 0.3) is 5.91 Å². The van der Waals surface area contributed by atoms with Gasteiger partial charge in [-0.05, 0) is 30.4 Å². The number of nitrogens with two attached hydrogens (primary N) is 1. The minimum absolute atomic E-state index is 0.0302. The fourth-order valence-corrected chi connectivity index (χ4v) is 2.16. The fraction of sp³-hybridized carbons (Fsp3) is 0.500. The van der Waals surface area contributed by atoms with E-state index in [2.05, 4.69) is 6.92 Å². The van der Waals surface area contributed by atoms with E-state index in [-0.39, 0.29) is 11.9 Å². The minimum Gasteiger partial charge on any atom is -0.338 e. The summed E-state index contributed by atoms with van der Waals surface area (Å²) in [5.41, 5.74) is 7.55. The second-order valence-electron chi connectivity index (χ2n) is 4.33. The standard InChI is InChI=1S/C14H22N2OS/c1-4-18-10-12-5-7-13(8-6-12)14(17)16(3)11(2)9-15/h5-8,11H,4,9-10,15H2,1-3H3. The number of benzene rings is 1. The first kappa shape index (κ1) is 15.1. The van der Waals surface area contributed by atoms with Gasteiger partial charge in [-0.2, -0.15) is 11.8 Å². The van der Waals surface area contributed by atoms with E-state index >= 15 is 0 Å². The Kier molecular flexibility index (Phi) is 6.22. The zero-order valence-electron chi connectivity index (χ0n) is 11.3. The predicted octanol–water partition coefficient (Wildman–Crippen LogP) is 2.36. The Morgan fingerprint density at radius 2 is 2.00 bits per heavy atom. The van der Waals surface area contributed by atoms with Gasteiger partial charge >= 0.3 is 0 Å². The number of amides is 1. The normalized spacial score (nSPS) is 12.2. The van der Waals surface area contributed by atoms with Gasteiger partial charge in [-0.3, -0.25) is 4.79 Å². The zero-order chi connectivity index (χ0) is 13.5. The van der Waals surface area contributed by atoms with Crippen LogP contribution in [0.2, 0.25) is 0 Å². The van der Waals surface area contributed by atoms with E-state index in [1.807, 2.05) is 43.0 Å². The van der Waals surface area contributed by atoms with Crippen LogP contribution in [0.4, 0.5) is 0 Å². The van der Waals surface area contributed by atoms with Crippen molar-refractivity contribution < 1.29 is 4.79 Å². The minimum atomic E-state index is 0.0302. The molecule has 18 heavy (non-hydrogen) atoms. The molecule has 1 amide bonds. The van der Waals surface area contributed by atoms with Crippen molar-refractivity contribution in [2.45, 2.75) is 25.6 Å². The van der Waals surface area contributed by atoms with Crippen molar-refractivity contribution in [1.29, 1.82) is 0 Å². The number of hydrogen-bond donors (Lipinski definition) is 1. The fourth-order valence-electron chi connectivity index (χ4n) is 1.53. The van der Waals surface area contributed by atoms with Crippen LogP contribution in [0.5, 0.6) is 0 Å². The molecule has 1 aromatic carbocycles. The Morgan fingerprint density at radius 1 is 1.39 bits per heavy atom. The Balaban J connectivity index is 2.69. The van der Waals surface area contributed by atoms with Crippen molar-refractivity contribution in [3.8, 4) is 0 Å². The summed E-state index contributed by atoms with van der Waals surface area (Å²) in [6.07, 6.45) is 0. The Hall–Kier alpha value is -1.00. The van der Waals surface area contributed by atoms with Gasteiger partial charge in [0.15, 0.2) is 0 Å². The molecule has 1 atom stereocenters. The molecule has 0 saturated heterocycles.